The lowest BCUT2D eigenvalue weighted by molar-refractivity contribution is 0.0699. The average molecular weight is 475 g/mol. The standard InChI is InChI=1S/C19H11Cl3FNO4S/c1-28-16-11(21)6-10(20)13(15(16)22)18(25)24-12-7-29-17(14(12)19(26)27)8-3-2-4-9(23)5-8/h2-7H,1H3,(H,24,25)(H,26,27). The molecule has 0 fully saturated rings. The van der Waals surface area contributed by atoms with Gasteiger partial charge in [0.05, 0.1) is 38.3 Å². The Hall–Kier alpha value is -2.32. The maximum Gasteiger partial charge on any atom is 0.339 e. The van der Waals surface area contributed by atoms with Crippen molar-refractivity contribution in [3.8, 4) is 16.2 Å². The number of thiophene rings is 1. The molecule has 2 N–H and O–H groups in total. The number of ether oxygens (including phenoxy) is 1. The van der Waals surface area contributed by atoms with Crippen molar-refractivity contribution in [2.75, 3.05) is 12.4 Å². The molecule has 10 heteroatoms. The number of hydrogen-bond donors (Lipinski definition) is 2. The van der Waals surface area contributed by atoms with Gasteiger partial charge in [-0.25, -0.2) is 9.18 Å². The Kier molecular flexibility index (Phi) is 6.33. The Morgan fingerprint density at radius 1 is 1.14 bits per heavy atom. The van der Waals surface area contributed by atoms with Crippen LogP contribution in [0.15, 0.2) is 35.7 Å². The molecule has 1 heterocycles. The van der Waals surface area contributed by atoms with Crippen molar-refractivity contribution in [3.05, 3.63) is 67.7 Å². The van der Waals surface area contributed by atoms with Crippen molar-refractivity contribution in [2.45, 2.75) is 0 Å². The third-order valence-corrected chi connectivity index (χ3v) is 5.87. The van der Waals surface area contributed by atoms with E-state index in [1.165, 1.54) is 36.8 Å². The van der Waals surface area contributed by atoms with Gasteiger partial charge in [0.1, 0.15) is 11.4 Å². The van der Waals surface area contributed by atoms with Crippen LogP contribution in [0, 0.1) is 5.82 Å². The minimum Gasteiger partial charge on any atom is -0.494 e. The number of aromatic carboxylic acids is 1. The van der Waals surface area contributed by atoms with Gasteiger partial charge in [-0.15, -0.1) is 11.3 Å². The van der Waals surface area contributed by atoms with E-state index in [9.17, 15) is 19.1 Å². The van der Waals surface area contributed by atoms with Crippen LogP contribution >= 0.6 is 46.1 Å². The number of carboxylic acid groups (broad SMARTS) is 1. The number of rotatable bonds is 5. The summed E-state index contributed by atoms with van der Waals surface area (Å²) in [5.74, 6) is -2.48. The second kappa shape index (κ2) is 8.59. The molecule has 1 amide bonds. The molecule has 3 aromatic rings. The summed E-state index contributed by atoms with van der Waals surface area (Å²) in [6.45, 7) is 0. The molecule has 0 aliphatic carbocycles. The number of nitrogens with one attached hydrogen (secondary N) is 1. The summed E-state index contributed by atoms with van der Waals surface area (Å²) in [4.78, 5) is 24.9. The molecule has 0 aliphatic rings. The quantitative estimate of drug-likeness (QED) is 0.444. The number of carbonyl (C=O) groups excluding carboxylic acids is 1. The van der Waals surface area contributed by atoms with Crippen molar-refractivity contribution in [3.63, 3.8) is 0 Å². The Morgan fingerprint density at radius 2 is 1.86 bits per heavy atom. The lowest BCUT2D eigenvalue weighted by atomic mass is 10.1. The Morgan fingerprint density at radius 3 is 2.48 bits per heavy atom. The van der Waals surface area contributed by atoms with Crippen LogP contribution in [0.2, 0.25) is 15.1 Å². The first-order chi connectivity index (χ1) is 13.7. The van der Waals surface area contributed by atoms with Crippen molar-refractivity contribution < 1.29 is 23.8 Å². The Bertz CT molecular complexity index is 1130. The Balaban J connectivity index is 2.04. The predicted molar refractivity (Wildman–Crippen MR) is 113 cm³/mol. The fourth-order valence-corrected chi connectivity index (χ4v) is 4.74. The average Bonchev–Trinajstić information content (AvgIpc) is 3.05. The van der Waals surface area contributed by atoms with Gasteiger partial charge in [-0.3, -0.25) is 4.79 Å². The monoisotopic (exact) mass is 473 g/mol. The molecule has 0 aliphatic heterocycles. The summed E-state index contributed by atoms with van der Waals surface area (Å²) in [6, 6.07) is 6.80. The van der Waals surface area contributed by atoms with E-state index in [4.69, 9.17) is 39.5 Å². The summed E-state index contributed by atoms with van der Waals surface area (Å²) in [5.41, 5.74) is 0.0940. The minimum atomic E-state index is -1.29. The summed E-state index contributed by atoms with van der Waals surface area (Å²) < 4.78 is 18.6. The molecule has 0 unspecified atom stereocenters. The molecule has 0 spiro atoms. The third-order valence-electron chi connectivity index (χ3n) is 3.90. The first-order valence-electron chi connectivity index (χ1n) is 7.88. The second-order valence-electron chi connectivity index (χ2n) is 5.69. The van der Waals surface area contributed by atoms with Crippen LogP contribution < -0.4 is 10.1 Å². The van der Waals surface area contributed by atoms with E-state index in [-0.39, 0.29) is 42.5 Å². The largest absolute Gasteiger partial charge is 0.494 e. The number of amides is 1. The SMILES string of the molecule is COc1c(Cl)cc(Cl)c(C(=O)Nc2csc(-c3cccc(F)c3)c2C(=O)O)c1Cl. The van der Waals surface area contributed by atoms with E-state index in [0.717, 1.165) is 11.3 Å². The molecule has 29 heavy (non-hydrogen) atoms. The van der Waals surface area contributed by atoms with Crippen LogP contribution in [0.1, 0.15) is 20.7 Å². The van der Waals surface area contributed by atoms with Gasteiger partial charge >= 0.3 is 5.97 Å². The maximum absolute atomic E-state index is 13.6. The van der Waals surface area contributed by atoms with E-state index in [2.05, 4.69) is 5.32 Å². The number of anilines is 1. The van der Waals surface area contributed by atoms with Crippen LogP contribution in [-0.2, 0) is 0 Å². The van der Waals surface area contributed by atoms with E-state index < -0.39 is 17.7 Å². The van der Waals surface area contributed by atoms with Gasteiger partial charge in [0, 0.05) is 5.38 Å². The molecular weight excluding hydrogens is 464 g/mol. The number of carbonyl (C=O) groups is 2. The highest BCUT2D eigenvalue weighted by Gasteiger charge is 2.25. The number of methoxy groups -OCH3 is 1. The molecule has 1 aromatic heterocycles. The summed E-state index contributed by atoms with van der Waals surface area (Å²) in [7, 11) is 1.33. The normalized spacial score (nSPS) is 10.7. The molecule has 0 saturated heterocycles. The zero-order chi connectivity index (χ0) is 21.3. The van der Waals surface area contributed by atoms with Crippen molar-refractivity contribution >= 4 is 63.7 Å². The summed E-state index contributed by atoms with van der Waals surface area (Å²) in [6.07, 6.45) is 0. The van der Waals surface area contributed by atoms with E-state index in [1.807, 2.05) is 0 Å². The number of benzene rings is 2. The predicted octanol–water partition coefficient (Wildman–Crippen LogP) is 6.47. The van der Waals surface area contributed by atoms with Crippen LogP contribution in [-0.4, -0.2) is 24.1 Å². The molecule has 0 atom stereocenters. The van der Waals surface area contributed by atoms with Gasteiger partial charge < -0.3 is 15.2 Å². The smallest absolute Gasteiger partial charge is 0.339 e. The second-order valence-corrected chi connectivity index (χ2v) is 7.76. The highest BCUT2D eigenvalue weighted by atomic mass is 35.5. The topological polar surface area (TPSA) is 75.6 Å². The van der Waals surface area contributed by atoms with Crippen LogP contribution in [0.5, 0.6) is 5.75 Å². The van der Waals surface area contributed by atoms with Crippen LogP contribution in [0.25, 0.3) is 10.4 Å². The molecular formula is C19H11Cl3FNO4S. The van der Waals surface area contributed by atoms with Crippen molar-refractivity contribution in [2.24, 2.45) is 0 Å². The van der Waals surface area contributed by atoms with E-state index in [1.54, 1.807) is 6.07 Å². The maximum atomic E-state index is 13.6. The first-order valence-corrected chi connectivity index (χ1v) is 9.89. The minimum absolute atomic E-state index is 0.0211. The molecule has 150 valence electrons. The summed E-state index contributed by atoms with van der Waals surface area (Å²) >= 11 is 19.3. The Labute approximate surface area is 183 Å². The molecule has 0 radical (unpaired) electrons. The lowest BCUT2D eigenvalue weighted by Crippen LogP contribution is -2.15. The molecule has 2 aromatic carbocycles. The first kappa shape index (κ1) is 21.4. The third kappa shape index (κ3) is 4.18. The highest BCUT2D eigenvalue weighted by Crippen LogP contribution is 2.41. The molecule has 0 bridgehead atoms. The molecule has 0 saturated carbocycles. The summed E-state index contributed by atoms with van der Waals surface area (Å²) in [5, 5.41) is 13.6. The molecule has 3 rings (SSSR count). The van der Waals surface area contributed by atoms with Crippen molar-refractivity contribution in [1.82, 2.24) is 0 Å². The number of halogens is 4. The van der Waals surface area contributed by atoms with Gasteiger partial charge in [0.2, 0.25) is 0 Å². The highest BCUT2D eigenvalue weighted by molar-refractivity contribution is 7.14. The number of carboxylic acids is 1. The van der Waals surface area contributed by atoms with Crippen LogP contribution in [0.4, 0.5) is 10.1 Å². The number of hydrogen-bond acceptors (Lipinski definition) is 4. The van der Waals surface area contributed by atoms with Gasteiger partial charge in [0.25, 0.3) is 5.91 Å². The molecule has 5 nitrogen and oxygen atoms in total. The zero-order valence-corrected chi connectivity index (χ0v) is 17.6. The fourth-order valence-electron chi connectivity index (χ4n) is 2.66. The van der Waals surface area contributed by atoms with Gasteiger partial charge in [-0.2, -0.15) is 0 Å². The van der Waals surface area contributed by atoms with Gasteiger partial charge in [0.15, 0.2) is 5.75 Å². The van der Waals surface area contributed by atoms with Crippen LogP contribution in [0.3, 0.4) is 0 Å². The van der Waals surface area contributed by atoms with Crippen molar-refractivity contribution in [1.29, 1.82) is 0 Å². The fraction of sp³-hybridized carbons (Fsp3) is 0.0526. The van der Waals surface area contributed by atoms with E-state index >= 15 is 0 Å². The van der Waals surface area contributed by atoms with E-state index in [0.29, 0.717) is 5.56 Å². The zero-order valence-electron chi connectivity index (χ0n) is 14.6. The van der Waals surface area contributed by atoms with Gasteiger partial charge in [-0.1, -0.05) is 46.9 Å². The van der Waals surface area contributed by atoms with Gasteiger partial charge in [-0.05, 0) is 23.8 Å². The lowest BCUT2D eigenvalue weighted by Gasteiger charge is -2.13.